The van der Waals surface area contributed by atoms with Crippen molar-refractivity contribution < 1.29 is 0 Å². The van der Waals surface area contributed by atoms with Gasteiger partial charge in [0, 0.05) is 12.7 Å². The standard InChI is InChI=1S/C13H12N6/c1-2-4-10(5-3-1)8-15-13-17-12(18-19-13)11-6-7-14-9-16-11/h1-7,9H,8H2,(H2,15,17,18,19). The number of aromatic amines is 1. The molecule has 0 saturated carbocycles. The maximum absolute atomic E-state index is 4.33. The minimum atomic E-state index is 0.554. The largest absolute Gasteiger partial charge is 0.351 e. The molecule has 6 heteroatoms. The van der Waals surface area contributed by atoms with Gasteiger partial charge in [-0.2, -0.15) is 10.1 Å². The molecule has 3 aromatic rings. The lowest BCUT2D eigenvalue weighted by Crippen LogP contribution is -2.00. The van der Waals surface area contributed by atoms with Crippen molar-refractivity contribution in [1.29, 1.82) is 0 Å². The van der Waals surface area contributed by atoms with Crippen LogP contribution in [-0.2, 0) is 6.54 Å². The van der Waals surface area contributed by atoms with Crippen molar-refractivity contribution in [2.75, 3.05) is 5.32 Å². The number of rotatable bonds is 4. The predicted molar refractivity (Wildman–Crippen MR) is 71.2 cm³/mol. The molecule has 0 amide bonds. The molecular formula is C13H12N6. The monoisotopic (exact) mass is 252 g/mol. The molecule has 94 valence electrons. The number of H-pyrrole nitrogens is 1. The van der Waals surface area contributed by atoms with Crippen molar-refractivity contribution in [2.24, 2.45) is 0 Å². The van der Waals surface area contributed by atoms with Crippen LogP contribution in [0.3, 0.4) is 0 Å². The van der Waals surface area contributed by atoms with Gasteiger partial charge in [0.05, 0.1) is 0 Å². The van der Waals surface area contributed by atoms with Crippen molar-refractivity contribution >= 4 is 5.95 Å². The van der Waals surface area contributed by atoms with Crippen molar-refractivity contribution in [3.63, 3.8) is 0 Å². The zero-order chi connectivity index (χ0) is 12.9. The topological polar surface area (TPSA) is 79.4 Å². The normalized spacial score (nSPS) is 10.3. The molecule has 19 heavy (non-hydrogen) atoms. The zero-order valence-electron chi connectivity index (χ0n) is 10.1. The first-order valence-electron chi connectivity index (χ1n) is 5.88. The summed E-state index contributed by atoms with van der Waals surface area (Å²) in [5, 5.41) is 10.1. The third kappa shape index (κ3) is 2.74. The number of nitrogens with zero attached hydrogens (tertiary/aromatic N) is 4. The van der Waals surface area contributed by atoms with E-state index >= 15 is 0 Å². The lowest BCUT2D eigenvalue weighted by molar-refractivity contribution is 1.04. The van der Waals surface area contributed by atoms with Crippen molar-refractivity contribution in [3.05, 3.63) is 54.5 Å². The van der Waals surface area contributed by atoms with Crippen LogP contribution in [0.15, 0.2) is 48.9 Å². The Morgan fingerprint density at radius 2 is 2.00 bits per heavy atom. The summed E-state index contributed by atoms with van der Waals surface area (Å²) in [6.45, 7) is 0.694. The second kappa shape index (κ2) is 5.26. The molecule has 0 fully saturated rings. The van der Waals surface area contributed by atoms with E-state index in [-0.39, 0.29) is 0 Å². The summed E-state index contributed by atoms with van der Waals surface area (Å²) in [4.78, 5) is 12.3. The van der Waals surface area contributed by atoms with E-state index in [9.17, 15) is 0 Å². The van der Waals surface area contributed by atoms with E-state index in [1.165, 1.54) is 11.9 Å². The van der Waals surface area contributed by atoms with Gasteiger partial charge in [-0.3, -0.25) is 0 Å². The second-order valence-corrected chi connectivity index (χ2v) is 3.94. The van der Waals surface area contributed by atoms with Gasteiger partial charge < -0.3 is 5.32 Å². The number of nitrogens with one attached hydrogen (secondary N) is 2. The first-order chi connectivity index (χ1) is 9.42. The SMILES string of the molecule is c1ccc(CNc2nc(-c3ccncn3)n[nH]2)cc1. The van der Waals surface area contributed by atoms with Crippen LogP contribution < -0.4 is 5.32 Å². The van der Waals surface area contributed by atoms with Gasteiger partial charge >= 0.3 is 0 Å². The van der Waals surface area contributed by atoms with Crippen molar-refractivity contribution in [1.82, 2.24) is 25.1 Å². The van der Waals surface area contributed by atoms with Gasteiger partial charge in [0.1, 0.15) is 12.0 Å². The van der Waals surface area contributed by atoms with Crippen LogP contribution in [0.1, 0.15) is 5.56 Å². The lowest BCUT2D eigenvalue weighted by atomic mass is 10.2. The maximum atomic E-state index is 4.33. The average Bonchev–Trinajstić information content (AvgIpc) is 2.96. The molecule has 2 N–H and O–H groups in total. The summed E-state index contributed by atoms with van der Waals surface area (Å²) in [5.41, 5.74) is 1.88. The van der Waals surface area contributed by atoms with Gasteiger partial charge in [-0.25, -0.2) is 15.1 Å². The smallest absolute Gasteiger partial charge is 0.219 e. The molecule has 0 spiro atoms. The van der Waals surface area contributed by atoms with E-state index in [1.807, 2.05) is 18.2 Å². The maximum Gasteiger partial charge on any atom is 0.219 e. The first kappa shape index (κ1) is 11.3. The van der Waals surface area contributed by atoms with Crippen LogP contribution in [0.4, 0.5) is 5.95 Å². The van der Waals surface area contributed by atoms with Crippen LogP contribution in [-0.4, -0.2) is 25.1 Å². The predicted octanol–water partition coefficient (Wildman–Crippen LogP) is 1.87. The summed E-state index contributed by atoms with van der Waals surface area (Å²) < 4.78 is 0. The minimum Gasteiger partial charge on any atom is -0.351 e. The Morgan fingerprint density at radius 1 is 1.11 bits per heavy atom. The molecular weight excluding hydrogens is 240 g/mol. The summed E-state index contributed by atoms with van der Waals surface area (Å²) in [7, 11) is 0. The van der Waals surface area contributed by atoms with Crippen LogP contribution in [0.2, 0.25) is 0 Å². The Balaban J connectivity index is 1.69. The van der Waals surface area contributed by atoms with Gasteiger partial charge in [-0.05, 0) is 11.6 Å². The van der Waals surface area contributed by atoms with Crippen molar-refractivity contribution in [2.45, 2.75) is 6.54 Å². The first-order valence-corrected chi connectivity index (χ1v) is 5.88. The lowest BCUT2D eigenvalue weighted by Gasteiger charge is -2.01. The Bertz CT molecular complexity index is 635. The van der Waals surface area contributed by atoms with Gasteiger partial charge in [-0.1, -0.05) is 30.3 Å². The molecule has 2 heterocycles. The molecule has 2 aromatic heterocycles. The Labute approximate surface area is 110 Å². The Hall–Kier alpha value is -2.76. The Kier molecular flexibility index (Phi) is 3.14. The molecule has 0 bridgehead atoms. The number of hydrogen-bond acceptors (Lipinski definition) is 5. The fraction of sp³-hybridized carbons (Fsp3) is 0.0769. The molecule has 6 nitrogen and oxygen atoms in total. The quantitative estimate of drug-likeness (QED) is 0.741. The molecule has 0 saturated heterocycles. The number of anilines is 1. The number of aromatic nitrogens is 5. The van der Waals surface area contributed by atoms with Gasteiger partial charge in [-0.15, -0.1) is 0 Å². The molecule has 3 rings (SSSR count). The van der Waals surface area contributed by atoms with Crippen molar-refractivity contribution in [3.8, 4) is 11.5 Å². The molecule has 0 unspecified atom stereocenters. The van der Waals surface area contributed by atoms with Gasteiger partial charge in [0.25, 0.3) is 0 Å². The highest BCUT2D eigenvalue weighted by Gasteiger charge is 2.06. The number of hydrogen-bond donors (Lipinski definition) is 2. The van der Waals surface area contributed by atoms with E-state index in [2.05, 4.69) is 42.6 Å². The van der Waals surface area contributed by atoms with E-state index in [4.69, 9.17) is 0 Å². The third-order valence-corrected chi connectivity index (χ3v) is 2.60. The molecule has 0 atom stereocenters. The molecule has 0 aliphatic carbocycles. The van der Waals surface area contributed by atoms with Gasteiger partial charge in [0.2, 0.25) is 11.8 Å². The second-order valence-electron chi connectivity index (χ2n) is 3.94. The fourth-order valence-electron chi connectivity index (χ4n) is 1.66. The van der Waals surface area contributed by atoms with E-state index in [0.717, 1.165) is 0 Å². The van der Waals surface area contributed by atoms with Crippen LogP contribution in [0, 0.1) is 0 Å². The molecule has 0 radical (unpaired) electrons. The summed E-state index contributed by atoms with van der Waals surface area (Å²) >= 11 is 0. The highest BCUT2D eigenvalue weighted by molar-refractivity contribution is 5.49. The van der Waals surface area contributed by atoms with Crippen LogP contribution >= 0.6 is 0 Å². The van der Waals surface area contributed by atoms with E-state index in [1.54, 1.807) is 12.3 Å². The average molecular weight is 252 g/mol. The van der Waals surface area contributed by atoms with Crippen LogP contribution in [0.5, 0.6) is 0 Å². The molecule has 1 aromatic carbocycles. The van der Waals surface area contributed by atoms with E-state index in [0.29, 0.717) is 24.0 Å². The highest BCUT2D eigenvalue weighted by atomic mass is 15.3. The van der Waals surface area contributed by atoms with Crippen LogP contribution in [0.25, 0.3) is 11.5 Å². The Morgan fingerprint density at radius 3 is 2.79 bits per heavy atom. The minimum absolute atomic E-state index is 0.554. The molecule has 0 aliphatic heterocycles. The van der Waals surface area contributed by atoms with Gasteiger partial charge in [0.15, 0.2) is 0 Å². The highest BCUT2D eigenvalue weighted by Crippen LogP contribution is 2.12. The van der Waals surface area contributed by atoms with E-state index < -0.39 is 0 Å². The third-order valence-electron chi connectivity index (χ3n) is 2.60. The zero-order valence-corrected chi connectivity index (χ0v) is 10.1. The summed E-state index contributed by atoms with van der Waals surface area (Å²) in [6.07, 6.45) is 3.14. The number of benzene rings is 1. The summed E-state index contributed by atoms with van der Waals surface area (Å²) in [5.74, 6) is 1.18. The summed E-state index contributed by atoms with van der Waals surface area (Å²) in [6, 6.07) is 11.9. The fourth-order valence-corrected chi connectivity index (χ4v) is 1.66. The molecule has 0 aliphatic rings.